The fraction of sp³-hybridized carbons (Fsp3) is 0.562. The van der Waals surface area contributed by atoms with Gasteiger partial charge in [-0.2, -0.15) is 0 Å². The molecule has 0 radical (unpaired) electrons. The van der Waals surface area contributed by atoms with Crippen LogP contribution in [0.4, 0.5) is 0 Å². The number of fused-ring (bicyclic) bond motifs is 1. The van der Waals surface area contributed by atoms with Gasteiger partial charge in [0.05, 0.1) is 10.6 Å². The van der Waals surface area contributed by atoms with Crippen LogP contribution in [0.1, 0.15) is 19.3 Å². The second-order valence-corrected chi connectivity index (χ2v) is 8.08. The molecule has 2 aliphatic heterocycles. The third kappa shape index (κ3) is 5.23. The van der Waals surface area contributed by atoms with Crippen molar-refractivity contribution in [1.82, 2.24) is 10.6 Å². The molecular weight excluding hydrogens is 368 g/mol. The molecule has 0 aliphatic carbocycles. The Morgan fingerprint density at radius 1 is 1.16 bits per heavy atom. The summed E-state index contributed by atoms with van der Waals surface area (Å²) in [5.74, 6) is 0.539. The van der Waals surface area contributed by atoms with Crippen molar-refractivity contribution >= 4 is 28.2 Å². The minimum absolute atomic E-state index is 0. The monoisotopic (exact) mass is 390 g/mol. The number of amides is 1. The maximum atomic E-state index is 12.4. The summed E-state index contributed by atoms with van der Waals surface area (Å²) in [7, 11) is -3.54. The number of halogens is 1. The minimum Gasteiger partial charge on any atom is -0.486 e. The summed E-state index contributed by atoms with van der Waals surface area (Å²) in [6.45, 7) is 2.60. The Morgan fingerprint density at radius 2 is 1.84 bits per heavy atom. The van der Waals surface area contributed by atoms with Crippen molar-refractivity contribution in [3.05, 3.63) is 18.2 Å². The van der Waals surface area contributed by atoms with Crippen molar-refractivity contribution in [2.45, 2.75) is 30.2 Å². The van der Waals surface area contributed by atoms with E-state index in [0.717, 1.165) is 25.9 Å². The number of hydrogen-bond donors (Lipinski definition) is 2. The number of carbonyl (C=O) groups is 1. The molecule has 140 valence electrons. The van der Waals surface area contributed by atoms with Crippen molar-refractivity contribution in [2.24, 2.45) is 0 Å². The van der Waals surface area contributed by atoms with Gasteiger partial charge in [0.1, 0.15) is 13.2 Å². The zero-order valence-electron chi connectivity index (χ0n) is 13.8. The van der Waals surface area contributed by atoms with Gasteiger partial charge in [0.25, 0.3) is 0 Å². The number of ether oxygens (including phenoxy) is 2. The molecule has 7 nitrogen and oxygen atoms in total. The van der Waals surface area contributed by atoms with Crippen LogP contribution in [-0.2, 0) is 14.6 Å². The number of rotatable bonds is 5. The average molecular weight is 391 g/mol. The van der Waals surface area contributed by atoms with Crippen LogP contribution in [0, 0.1) is 0 Å². The molecule has 1 aromatic rings. The lowest BCUT2D eigenvalue weighted by atomic mass is 10.1. The second kappa shape index (κ2) is 8.73. The smallest absolute Gasteiger partial charge is 0.221 e. The summed E-state index contributed by atoms with van der Waals surface area (Å²) in [6, 6.07) is 4.69. The Hall–Kier alpha value is -1.51. The number of carbonyl (C=O) groups excluding carboxylic acids is 1. The van der Waals surface area contributed by atoms with Gasteiger partial charge in [0.2, 0.25) is 5.91 Å². The highest BCUT2D eigenvalue weighted by Crippen LogP contribution is 2.32. The second-order valence-electron chi connectivity index (χ2n) is 5.97. The van der Waals surface area contributed by atoms with E-state index < -0.39 is 9.84 Å². The van der Waals surface area contributed by atoms with Gasteiger partial charge in [-0.25, -0.2) is 8.42 Å². The number of piperidine rings is 1. The molecule has 0 aromatic heterocycles. The lowest BCUT2D eigenvalue weighted by Crippen LogP contribution is -2.43. The molecule has 1 amide bonds. The summed E-state index contributed by atoms with van der Waals surface area (Å²) in [4.78, 5) is 12.1. The maximum absolute atomic E-state index is 12.4. The normalized spacial score (nSPS) is 17.4. The average Bonchev–Trinajstić information content (AvgIpc) is 2.60. The van der Waals surface area contributed by atoms with Gasteiger partial charge in [-0.3, -0.25) is 4.79 Å². The van der Waals surface area contributed by atoms with E-state index in [1.54, 1.807) is 6.07 Å². The number of benzene rings is 1. The molecule has 0 unspecified atom stereocenters. The Bertz CT molecular complexity index is 704. The zero-order chi connectivity index (χ0) is 17.0. The fourth-order valence-electron chi connectivity index (χ4n) is 2.83. The van der Waals surface area contributed by atoms with Crippen LogP contribution in [0.2, 0.25) is 0 Å². The van der Waals surface area contributed by atoms with Crippen molar-refractivity contribution in [3.8, 4) is 11.5 Å². The Kier molecular flexibility index (Phi) is 6.92. The first kappa shape index (κ1) is 19.8. The maximum Gasteiger partial charge on any atom is 0.221 e. The minimum atomic E-state index is -3.54. The Morgan fingerprint density at radius 3 is 2.56 bits per heavy atom. The number of hydrogen-bond acceptors (Lipinski definition) is 6. The molecule has 0 atom stereocenters. The summed E-state index contributed by atoms with van der Waals surface area (Å²) in [6.07, 6.45) is 1.71. The van der Waals surface area contributed by atoms with Crippen LogP contribution < -0.4 is 20.1 Å². The Balaban J connectivity index is 0.00000225. The number of nitrogens with one attached hydrogen (secondary N) is 2. The van der Waals surface area contributed by atoms with Gasteiger partial charge in [-0.15, -0.1) is 12.4 Å². The van der Waals surface area contributed by atoms with Crippen molar-refractivity contribution in [1.29, 1.82) is 0 Å². The summed E-state index contributed by atoms with van der Waals surface area (Å²) >= 11 is 0. The van der Waals surface area contributed by atoms with Crippen LogP contribution >= 0.6 is 12.4 Å². The van der Waals surface area contributed by atoms with Gasteiger partial charge >= 0.3 is 0 Å². The molecule has 1 fully saturated rings. The highest BCUT2D eigenvalue weighted by Gasteiger charge is 2.22. The van der Waals surface area contributed by atoms with E-state index in [0.29, 0.717) is 24.7 Å². The van der Waals surface area contributed by atoms with Crippen LogP contribution in [0.15, 0.2) is 23.1 Å². The predicted octanol–water partition coefficient (Wildman–Crippen LogP) is 0.912. The Labute approximate surface area is 153 Å². The van der Waals surface area contributed by atoms with Gasteiger partial charge in [-0.1, -0.05) is 0 Å². The van der Waals surface area contributed by atoms with E-state index in [2.05, 4.69) is 10.6 Å². The molecule has 1 aromatic carbocycles. The fourth-order valence-corrected chi connectivity index (χ4v) is 4.08. The van der Waals surface area contributed by atoms with Crippen LogP contribution in [0.25, 0.3) is 0 Å². The molecule has 2 heterocycles. The first-order chi connectivity index (χ1) is 11.5. The highest BCUT2D eigenvalue weighted by atomic mass is 35.5. The predicted molar refractivity (Wildman–Crippen MR) is 95.4 cm³/mol. The van der Waals surface area contributed by atoms with E-state index in [4.69, 9.17) is 9.47 Å². The van der Waals surface area contributed by atoms with Crippen molar-refractivity contribution < 1.29 is 22.7 Å². The first-order valence-corrected chi connectivity index (χ1v) is 9.82. The van der Waals surface area contributed by atoms with E-state index in [1.807, 2.05) is 0 Å². The molecule has 2 N–H and O–H groups in total. The quantitative estimate of drug-likeness (QED) is 0.776. The van der Waals surface area contributed by atoms with Crippen LogP contribution in [0.3, 0.4) is 0 Å². The first-order valence-electron chi connectivity index (χ1n) is 8.17. The molecular formula is C16H23ClN2O5S. The zero-order valence-corrected chi connectivity index (χ0v) is 15.5. The topological polar surface area (TPSA) is 93.7 Å². The third-order valence-electron chi connectivity index (χ3n) is 4.17. The molecule has 0 saturated carbocycles. The SMILES string of the molecule is Cl.O=C(CCS(=O)(=O)c1ccc2c(c1)OCCO2)NC1CCNCC1. The highest BCUT2D eigenvalue weighted by molar-refractivity contribution is 7.91. The molecule has 1 saturated heterocycles. The lowest BCUT2D eigenvalue weighted by molar-refractivity contribution is -0.121. The van der Waals surface area contributed by atoms with E-state index in [-0.39, 0.29) is 41.4 Å². The molecule has 0 spiro atoms. The molecule has 3 rings (SSSR count). The standard InChI is InChI=1S/C16H22N2O5S.ClH/c19-16(18-12-3-6-17-7-4-12)5-10-24(20,21)13-1-2-14-15(11-13)23-9-8-22-14;/h1-2,11-12,17H,3-10H2,(H,18,19);1H. The van der Waals surface area contributed by atoms with Gasteiger partial charge in [0, 0.05) is 18.5 Å². The summed E-state index contributed by atoms with van der Waals surface area (Å²) in [5, 5.41) is 6.13. The van der Waals surface area contributed by atoms with E-state index >= 15 is 0 Å². The molecule has 9 heteroatoms. The summed E-state index contributed by atoms with van der Waals surface area (Å²) in [5.41, 5.74) is 0. The van der Waals surface area contributed by atoms with E-state index in [9.17, 15) is 13.2 Å². The van der Waals surface area contributed by atoms with Gasteiger partial charge in [0.15, 0.2) is 21.3 Å². The van der Waals surface area contributed by atoms with Crippen molar-refractivity contribution in [2.75, 3.05) is 32.1 Å². The molecule has 0 bridgehead atoms. The lowest BCUT2D eigenvalue weighted by Gasteiger charge is -2.23. The third-order valence-corrected chi connectivity index (χ3v) is 5.89. The van der Waals surface area contributed by atoms with Crippen LogP contribution in [0.5, 0.6) is 11.5 Å². The molecule has 2 aliphatic rings. The number of sulfone groups is 1. The summed E-state index contributed by atoms with van der Waals surface area (Å²) < 4.78 is 35.7. The van der Waals surface area contributed by atoms with Gasteiger partial charge in [-0.05, 0) is 38.1 Å². The molecule has 25 heavy (non-hydrogen) atoms. The van der Waals surface area contributed by atoms with E-state index in [1.165, 1.54) is 12.1 Å². The van der Waals surface area contributed by atoms with Gasteiger partial charge < -0.3 is 20.1 Å². The van der Waals surface area contributed by atoms with Crippen LogP contribution in [-0.4, -0.2) is 52.4 Å². The largest absolute Gasteiger partial charge is 0.486 e. The van der Waals surface area contributed by atoms with Crippen molar-refractivity contribution in [3.63, 3.8) is 0 Å².